The van der Waals surface area contributed by atoms with Gasteiger partial charge in [0.1, 0.15) is 5.69 Å². The fraction of sp³-hybridized carbons (Fsp3) is 0.100. The van der Waals surface area contributed by atoms with Crippen molar-refractivity contribution in [3.05, 3.63) is 34.5 Å². The van der Waals surface area contributed by atoms with Crippen LogP contribution in [0, 0.1) is 16.3 Å². The standard InChI is InChI=1S/C10H8N3O3/c1-6(14)12-9-5-8-7(2-3-11-8)4-10(9)13(15)16/h2,4-5,11H,1H3,(H,12,14). The lowest BCUT2D eigenvalue weighted by Crippen LogP contribution is -2.07. The quantitative estimate of drug-likeness (QED) is 0.595. The molecule has 1 heterocycles. The first-order chi connectivity index (χ1) is 7.58. The molecule has 0 aliphatic rings. The van der Waals surface area contributed by atoms with E-state index in [-0.39, 0.29) is 17.3 Å². The largest absolute Gasteiger partial charge is 0.353 e. The van der Waals surface area contributed by atoms with Crippen LogP contribution in [0.1, 0.15) is 6.92 Å². The number of H-pyrrole nitrogens is 1. The SMILES string of the molecule is CC(=O)Nc1cc2[nH][c]cc2cc1[N+](=O)[O-]. The first kappa shape index (κ1) is 10.2. The number of carbonyl (C=O) groups is 1. The number of nitro benzene ring substituents is 1. The lowest BCUT2D eigenvalue weighted by molar-refractivity contribution is -0.383. The van der Waals surface area contributed by atoms with Gasteiger partial charge in [-0.05, 0) is 12.1 Å². The molecule has 1 amide bonds. The number of rotatable bonds is 2. The lowest BCUT2D eigenvalue weighted by atomic mass is 10.2. The van der Waals surface area contributed by atoms with Gasteiger partial charge in [0.15, 0.2) is 0 Å². The van der Waals surface area contributed by atoms with Crippen molar-refractivity contribution in [2.24, 2.45) is 0 Å². The number of aromatic amines is 1. The molecule has 6 heteroatoms. The van der Waals surface area contributed by atoms with Crippen molar-refractivity contribution < 1.29 is 9.72 Å². The molecule has 0 aliphatic carbocycles. The van der Waals surface area contributed by atoms with Gasteiger partial charge in [0, 0.05) is 23.9 Å². The van der Waals surface area contributed by atoms with E-state index in [1.165, 1.54) is 19.1 Å². The zero-order valence-corrected chi connectivity index (χ0v) is 8.40. The second kappa shape index (κ2) is 3.65. The first-order valence-corrected chi connectivity index (χ1v) is 4.52. The second-order valence-corrected chi connectivity index (χ2v) is 3.31. The van der Waals surface area contributed by atoms with Crippen LogP contribution in [0.25, 0.3) is 10.9 Å². The van der Waals surface area contributed by atoms with Crippen LogP contribution in [0.4, 0.5) is 11.4 Å². The number of fused-ring (bicyclic) bond motifs is 1. The van der Waals surface area contributed by atoms with E-state index in [1.807, 2.05) is 0 Å². The zero-order chi connectivity index (χ0) is 11.7. The van der Waals surface area contributed by atoms with E-state index in [0.29, 0.717) is 10.9 Å². The molecule has 2 aromatic rings. The highest BCUT2D eigenvalue weighted by Gasteiger charge is 2.16. The van der Waals surface area contributed by atoms with Gasteiger partial charge in [0.2, 0.25) is 5.91 Å². The van der Waals surface area contributed by atoms with Gasteiger partial charge in [-0.3, -0.25) is 14.9 Å². The monoisotopic (exact) mass is 218 g/mol. The molecule has 2 rings (SSSR count). The Balaban J connectivity index is 2.62. The summed E-state index contributed by atoms with van der Waals surface area (Å²) in [7, 11) is 0. The summed E-state index contributed by atoms with van der Waals surface area (Å²) >= 11 is 0. The summed E-state index contributed by atoms with van der Waals surface area (Å²) in [6, 6.07) is 4.53. The summed E-state index contributed by atoms with van der Waals surface area (Å²) in [5.74, 6) is -0.349. The minimum absolute atomic E-state index is 0.129. The molecule has 0 spiro atoms. The molecule has 1 aromatic heterocycles. The van der Waals surface area contributed by atoms with Gasteiger partial charge in [-0.25, -0.2) is 0 Å². The van der Waals surface area contributed by atoms with Crippen LogP contribution in [-0.4, -0.2) is 15.8 Å². The smallest absolute Gasteiger partial charge is 0.293 e. The molecule has 0 saturated heterocycles. The van der Waals surface area contributed by atoms with Gasteiger partial charge < -0.3 is 10.3 Å². The van der Waals surface area contributed by atoms with Crippen LogP contribution in [0.5, 0.6) is 0 Å². The molecule has 0 bridgehead atoms. The molecule has 0 atom stereocenters. The number of nitro groups is 1. The maximum atomic E-state index is 10.9. The molecule has 16 heavy (non-hydrogen) atoms. The van der Waals surface area contributed by atoms with Gasteiger partial charge in [-0.2, -0.15) is 0 Å². The molecule has 6 nitrogen and oxygen atoms in total. The summed E-state index contributed by atoms with van der Waals surface area (Å²) in [6.07, 6.45) is 2.72. The van der Waals surface area contributed by atoms with Gasteiger partial charge in [-0.1, -0.05) is 0 Å². The van der Waals surface area contributed by atoms with E-state index in [2.05, 4.69) is 16.5 Å². The second-order valence-electron chi connectivity index (χ2n) is 3.31. The summed E-state index contributed by atoms with van der Waals surface area (Å²) in [5, 5.41) is 13.9. The Labute approximate surface area is 90.4 Å². The number of benzene rings is 1. The minimum atomic E-state index is -0.530. The Morgan fingerprint density at radius 3 is 2.94 bits per heavy atom. The Hall–Kier alpha value is -2.37. The van der Waals surface area contributed by atoms with E-state index in [9.17, 15) is 14.9 Å². The van der Waals surface area contributed by atoms with Crippen molar-refractivity contribution in [2.45, 2.75) is 6.92 Å². The van der Waals surface area contributed by atoms with E-state index in [4.69, 9.17) is 0 Å². The van der Waals surface area contributed by atoms with Crippen molar-refractivity contribution in [3.8, 4) is 0 Å². The molecule has 1 radical (unpaired) electrons. The minimum Gasteiger partial charge on any atom is -0.353 e. The van der Waals surface area contributed by atoms with Crippen molar-refractivity contribution in [1.82, 2.24) is 4.98 Å². The Kier molecular flexibility index (Phi) is 2.32. The summed E-state index contributed by atoms with van der Waals surface area (Å²) < 4.78 is 0. The zero-order valence-electron chi connectivity index (χ0n) is 8.40. The summed E-state index contributed by atoms with van der Waals surface area (Å²) in [4.78, 5) is 24.0. The third-order valence-corrected chi connectivity index (χ3v) is 2.11. The number of hydrogen-bond acceptors (Lipinski definition) is 3. The number of carbonyl (C=O) groups excluding carboxylic acids is 1. The van der Waals surface area contributed by atoms with Crippen molar-refractivity contribution in [1.29, 1.82) is 0 Å². The maximum absolute atomic E-state index is 10.9. The molecule has 0 aliphatic heterocycles. The fourth-order valence-corrected chi connectivity index (χ4v) is 1.46. The number of hydrogen-bond donors (Lipinski definition) is 2. The highest BCUT2D eigenvalue weighted by atomic mass is 16.6. The van der Waals surface area contributed by atoms with Crippen LogP contribution >= 0.6 is 0 Å². The molecule has 0 saturated carbocycles. The molecular formula is C10H8N3O3. The molecule has 1 aromatic carbocycles. The maximum Gasteiger partial charge on any atom is 0.293 e. The summed E-state index contributed by atoms with van der Waals surface area (Å²) in [6.45, 7) is 1.30. The Bertz CT molecular complexity index is 574. The van der Waals surface area contributed by atoms with Crippen LogP contribution < -0.4 is 5.32 Å². The third kappa shape index (κ3) is 1.72. The molecular weight excluding hydrogens is 210 g/mol. The number of nitrogens with one attached hydrogen (secondary N) is 2. The number of amides is 1. The van der Waals surface area contributed by atoms with E-state index in [0.717, 1.165) is 0 Å². The highest BCUT2D eigenvalue weighted by Crippen LogP contribution is 2.29. The van der Waals surface area contributed by atoms with Crippen LogP contribution in [0.15, 0.2) is 18.2 Å². The van der Waals surface area contributed by atoms with E-state index < -0.39 is 4.92 Å². The highest BCUT2D eigenvalue weighted by molar-refractivity contribution is 5.96. The van der Waals surface area contributed by atoms with Crippen LogP contribution in [-0.2, 0) is 4.79 Å². The normalized spacial score (nSPS) is 10.3. The Morgan fingerprint density at radius 1 is 1.56 bits per heavy atom. The van der Waals surface area contributed by atoms with Crippen molar-refractivity contribution >= 4 is 28.2 Å². The molecule has 81 valence electrons. The third-order valence-electron chi connectivity index (χ3n) is 2.11. The number of anilines is 1. The fourth-order valence-electron chi connectivity index (χ4n) is 1.46. The van der Waals surface area contributed by atoms with Gasteiger partial charge in [0.25, 0.3) is 5.69 Å². The molecule has 0 unspecified atom stereocenters. The predicted molar refractivity (Wildman–Crippen MR) is 58.1 cm³/mol. The number of aromatic nitrogens is 1. The van der Waals surface area contributed by atoms with E-state index >= 15 is 0 Å². The molecule has 2 N–H and O–H groups in total. The topological polar surface area (TPSA) is 88.0 Å². The van der Waals surface area contributed by atoms with Gasteiger partial charge in [-0.15, -0.1) is 0 Å². The number of nitrogens with zero attached hydrogens (tertiary/aromatic N) is 1. The van der Waals surface area contributed by atoms with Gasteiger partial charge >= 0.3 is 0 Å². The van der Waals surface area contributed by atoms with E-state index in [1.54, 1.807) is 6.07 Å². The predicted octanol–water partition coefficient (Wildman–Crippen LogP) is 1.83. The van der Waals surface area contributed by atoms with Crippen LogP contribution in [0.3, 0.4) is 0 Å². The van der Waals surface area contributed by atoms with Crippen molar-refractivity contribution in [2.75, 3.05) is 5.32 Å². The van der Waals surface area contributed by atoms with Crippen LogP contribution in [0.2, 0.25) is 0 Å². The summed E-state index contributed by atoms with van der Waals surface area (Å²) in [5.41, 5.74) is 0.742. The average Bonchev–Trinajstić information content (AvgIpc) is 2.62. The van der Waals surface area contributed by atoms with Gasteiger partial charge in [0.05, 0.1) is 11.1 Å². The average molecular weight is 218 g/mol. The molecule has 0 fully saturated rings. The Morgan fingerprint density at radius 2 is 2.31 bits per heavy atom. The lowest BCUT2D eigenvalue weighted by Gasteiger charge is -2.03. The first-order valence-electron chi connectivity index (χ1n) is 4.52. The van der Waals surface area contributed by atoms with Crippen molar-refractivity contribution in [3.63, 3.8) is 0 Å².